The molecule has 2 aromatic carbocycles. The summed E-state index contributed by atoms with van der Waals surface area (Å²) in [7, 11) is -3.22. The Bertz CT molecular complexity index is 897. The maximum Gasteiger partial charge on any atom is 0.175 e. The van der Waals surface area contributed by atoms with Crippen LogP contribution in [-0.2, 0) is 16.3 Å². The summed E-state index contributed by atoms with van der Waals surface area (Å²) in [5.74, 6) is 0.898. The lowest BCUT2D eigenvalue weighted by Crippen LogP contribution is -2.00. The van der Waals surface area contributed by atoms with Crippen LogP contribution >= 0.6 is 0 Å². The molecule has 0 bridgehead atoms. The first-order chi connectivity index (χ1) is 10.0. The van der Waals surface area contributed by atoms with Crippen molar-refractivity contribution in [2.45, 2.75) is 18.2 Å². The Kier molecular flexibility index (Phi) is 3.29. The van der Waals surface area contributed by atoms with Gasteiger partial charge in [0.25, 0.3) is 0 Å². The molecule has 0 saturated carbocycles. The molecule has 5 heteroatoms. The molecule has 0 saturated heterocycles. The van der Waals surface area contributed by atoms with Crippen LogP contribution in [0.3, 0.4) is 0 Å². The predicted octanol–water partition coefficient (Wildman–Crippen LogP) is 2.79. The van der Waals surface area contributed by atoms with Crippen LogP contribution in [0.2, 0.25) is 0 Å². The van der Waals surface area contributed by atoms with Gasteiger partial charge in [0.05, 0.1) is 15.9 Å². The summed E-state index contributed by atoms with van der Waals surface area (Å²) in [6.45, 7) is 2.03. The normalized spacial score (nSPS) is 11.9. The number of aryl methyl sites for hydroxylation is 1. The Morgan fingerprint density at radius 1 is 1.29 bits per heavy atom. The SMILES string of the molecule is CCc1nc2cc(S(C)(=O)=O)ccc2n1-c1c[c]ccc1. The van der Waals surface area contributed by atoms with Gasteiger partial charge >= 0.3 is 0 Å². The Morgan fingerprint density at radius 3 is 2.71 bits per heavy atom. The van der Waals surface area contributed by atoms with Gasteiger partial charge in [-0.2, -0.15) is 0 Å². The third-order valence-corrected chi connectivity index (χ3v) is 4.50. The molecule has 21 heavy (non-hydrogen) atoms. The summed E-state index contributed by atoms with van der Waals surface area (Å²) < 4.78 is 25.4. The standard InChI is InChI=1S/C16H15N2O2S/c1-3-16-17-14-11-13(21(2,19)20)9-10-15(14)18(16)12-7-5-4-6-8-12/h4-5,7-11H,3H2,1-2H3. The number of nitrogens with zero attached hydrogens (tertiary/aromatic N) is 2. The molecule has 0 aliphatic heterocycles. The van der Waals surface area contributed by atoms with Gasteiger partial charge in [-0.3, -0.25) is 4.57 Å². The number of benzene rings is 2. The van der Waals surface area contributed by atoms with Gasteiger partial charge in [0, 0.05) is 18.4 Å². The van der Waals surface area contributed by atoms with E-state index in [0.29, 0.717) is 10.4 Å². The fourth-order valence-electron chi connectivity index (χ4n) is 2.39. The zero-order valence-electron chi connectivity index (χ0n) is 11.9. The van der Waals surface area contributed by atoms with Gasteiger partial charge in [0.2, 0.25) is 0 Å². The van der Waals surface area contributed by atoms with E-state index in [0.717, 1.165) is 23.4 Å². The first kappa shape index (κ1) is 13.8. The number of sulfone groups is 1. The van der Waals surface area contributed by atoms with Gasteiger partial charge in [0.15, 0.2) is 9.84 Å². The molecule has 3 aromatic rings. The van der Waals surface area contributed by atoms with Crippen LogP contribution in [-0.4, -0.2) is 24.2 Å². The summed E-state index contributed by atoms with van der Waals surface area (Å²) in [5.41, 5.74) is 2.57. The van der Waals surface area contributed by atoms with Crippen LogP contribution in [0.25, 0.3) is 16.7 Å². The number of hydrogen-bond donors (Lipinski definition) is 0. The average Bonchev–Trinajstić information content (AvgIpc) is 2.84. The molecule has 1 aromatic heterocycles. The minimum atomic E-state index is -3.22. The van der Waals surface area contributed by atoms with Crippen molar-refractivity contribution in [2.75, 3.05) is 6.26 Å². The summed E-state index contributed by atoms with van der Waals surface area (Å²) >= 11 is 0. The Morgan fingerprint density at radius 2 is 2.10 bits per heavy atom. The maximum atomic E-state index is 11.7. The smallest absolute Gasteiger partial charge is 0.175 e. The van der Waals surface area contributed by atoms with Crippen molar-refractivity contribution >= 4 is 20.9 Å². The van der Waals surface area contributed by atoms with Gasteiger partial charge in [-0.25, -0.2) is 13.4 Å². The van der Waals surface area contributed by atoms with Crippen molar-refractivity contribution in [3.8, 4) is 5.69 Å². The molecule has 4 nitrogen and oxygen atoms in total. The van der Waals surface area contributed by atoms with Crippen molar-refractivity contribution in [3.05, 3.63) is 54.4 Å². The fourth-order valence-corrected chi connectivity index (χ4v) is 3.03. The molecule has 0 fully saturated rings. The van der Waals surface area contributed by atoms with Crippen LogP contribution in [0.15, 0.2) is 47.4 Å². The van der Waals surface area contributed by atoms with Crippen molar-refractivity contribution in [3.63, 3.8) is 0 Å². The van der Waals surface area contributed by atoms with Crippen LogP contribution in [0.1, 0.15) is 12.7 Å². The van der Waals surface area contributed by atoms with Crippen molar-refractivity contribution in [1.82, 2.24) is 9.55 Å². The zero-order chi connectivity index (χ0) is 15.0. The number of hydrogen-bond acceptors (Lipinski definition) is 3. The molecule has 0 aliphatic rings. The topological polar surface area (TPSA) is 52.0 Å². The number of rotatable bonds is 3. The Hall–Kier alpha value is -2.14. The summed E-state index contributed by atoms with van der Waals surface area (Å²) in [4.78, 5) is 4.86. The van der Waals surface area contributed by atoms with E-state index in [1.165, 1.54) is 6.26 Å². The third-order valence-electron chi connectivity index (χ3n) is 3.39. The predicted molar refractivity (Wildman–Crippen MR) is 82.4 cm³/mol. The molecule has 3 rings (SSSR count). The van der Waals surface area contributed by atoms with E-state index in [1.807, 2.05) is 41.8 Å². The van der Waals surface area contributed by atoms with Crippen LogP contribution in [0.5, 0.6) is 0 Å². The van der Waals surface area contributed by atoms with Gasteiger partial charge in [-0.1, -0.05) is 19.1 Å². The van der Waals surface area contributed by atoms with Gasteiger partial charge < -0.3 is 0 Å². The van der Waals surface area contributed by atoms with Crippen molar-refractivity contribution in [2.24, 2.45) is 0 Å². The second-order valence-electron chi connectivity index (χ2n) is 4.90. The third kappa shape index (κ3) is 2.45. The maximum absolute atomic E-state index is 11.7. The first-order valence-electron chi connectivity index (χ1n) is 6.68. The highest BCUT2D eigenvalue weighted by atomic mass is 32.2. The van der Waals surface area contributed by atoms with Crippen LogP contribution in [0.4, 0.5) is 0 Å². The zero-order valence-corrected chi connectivity index (χ0v) is 12.7. The Balaban J connectivity index is 2.30. The van der Waals surface area contributed by atoms with Gasteiger partial charge in [-0.15, -0.1) is 0 Å². The van der Waals surface area contributed by atoms with E-state index < -0.39 is 9.84 Å². The van der Waals surface area contributed by atoms with Crippen LogP contribution in [0, 0.1) is 6.07 Å². The summed E-state index contributed by atoms with van der Waals surface area (Å²) in [6, 6.07) is 15.8. The van der Waals surface area contributed by atoms with E-state index in [2.05, 4.69) is 11.1 Å². The highest BCUT2D eigenvalue weighted by molar-refractivity contribution is 7.90. The number of fused-ring (bicyclic) bond motifs is 1. The minimum Gasteiger partial charge on any atom is -0.296 e. The summed E-state index contributed by atoms with van der Waals surface area (Å²) in [5, 5.41) is 0. The van der Waals surface area contributed by atoms with Gasteiger partial charge in [-0.05, 0) is 36.4 Å². The van der Waals surface area contributed by atoms with E-state index in [4.69, 9.17) is 0 Å². The molecule has 0 aliphatic carbocycles. The molecule has 107 valence electrons. The molecule has 0 spiro atoms. The fraction of sp³-hybridized carbons (Fsp3) is 0.188. The Labute approximate surface area is 124 Å². The molecule has 0 unspecified atom stereocenters. The quantitative estimate of drug-likeness (QED) is 0.747. The highest BCUT2D eigenvalue weighted by Crippen LogP contribution is 2.24. The van der Waals surface area contributed by atoms with Crippen LogP contribution < -0.4 is 0 Å². The molecular weight excluding hydrogens is 284 g/mol. The largest absolute Gasteiger partial charge is 0.296 e. The second kappa shape index (κ2) is 5.00. The molecule has 0 amide bonds. The molecule has 0 atom stereocenters. The van der Waals surface area contributed by atoms with Crippen molar-refractivity contribution < 1.29 is 8.42 Å². The minimum absolute atomic E-state index is 0.293. The average molecular weight is 299 g/mol. The second-order valence-corrected chi connectivity index (χ2v) is 6.92. The lowest BCUT2D eigenvalue weighted by molar-refractivity contribution is 0.602. The number of imidazole rings is 1. The molecule has 1 heterocycles. The monoisotopic (exact) mass is 299 g/mol. The van der Waals surface area contributed by atoms with E-state index in [9.17, 15) is 8.42 Å². The van der Waals surface area contributed by atoms with E-state index in [-0.39, 0.29) is 0 Å². The lowest BCUT2D eigenvalue weighted by Gasteiger charge is -2.07. The highest BCUT2D eigenvalue weighted by Gasteiger charge is 2.14. The lowest BCUT2D eigenvalue weighted by atomic mass is 10.2. The first-order valence-corrected chi connectivity index (χ1v) is 8.58. The number of aromatic nitrogens is 2. The van der Waals surface area contributed by atoms with E-state index >= 15 is 0 Å². The van der Waals surface area contributed by atoms with Crippen molar-refractivity contribution in [1.29, 1.82) is 0 Å². The molecular formula is C16H15N2O2S. The van der Waals surface area contributed by atoms with Gasteiger partial charge in [0.1, 0.15) is 5.82 Å². The molecule has 1 radical (unpaired) electrons. The summed E-state index contributed by atoms with van der Waals surface area (Å²) in [6.07, 6.45) is 1.97. The van der Waals surface area contributed by atoms with E-state index in [1.54, 1.807) is 12.1 Å². The molecule has 0 N–H and O–H groups in total.